The zero-order chi connectivity index (χ0) is 18.7. The van der Waals surface area contributed by atoms with Gasteiger partial charge in [-0.25, -0.2) is 8.42 Å². The van der Waals surface area contributed by atoms with Crippen molar-refractivity contribution in [2.45, 2.75) is 25.2 Å². The molecule has 138 valence electrons. The first-order valence-electron chi connectivity index (χ1n) is 8.52. The number of fused-ring (bicyclic) bond motifs is 1. The van der Waals surface area contributed by atoms with E-state index in [9.17, 15) is 13.2 Å². The highest BCUT2D eigenvalue weighted by Gasteiger charge is 2.21. The molecule has 1 heterocycles. The fraction of sp³-hybridized carbons (Fsp3) is 0.316. The third-order valence-electron chi connectivity index (χ3n) is 4.06. The molecule has 2 aromatic rings. The fourth-order valence-corrected chi connectivity index (χ4v) is 3.83. The Bertz CT molecular complexity index is 923. The lowest BCUT2D eigenvalue weighted by molar-refractivity contribution is 0.0950. The van der Waals surface area contributed by atoms with Crippen LogP contribution in [-0.2, 0) is 16.4 Å². The molecule has 0 bridgehead atoms. The van der Waals surface area contributed by atoms with Crippen LogP contribution >= 0.6 is 0 Å². The summed E-state index contributed by atoms with van der Waals surface area (Å²) in [6.45, 7) is 5.06. The number of benzene rings is 2. The van der Waals surface area contributed by atoms with Gasteiger partial charge >= 0.3 is 0 Å². The summed E-state index contributed by atoms with van der Waals surface area (Å²) in [5, 5.41) is 2.81. The Morgan fingerprint density at radius 1 is 1.19 bits per heavy atom. The van der Waals surface area contributed by atoms with E-state index in [0.717, 1.165) is 11.3 Å². The standard InChI is InChI=1S/C19H22N2O4S/c1-13(2)12-20-19(22)16-5-3-4-6-17(16)21-26(23,24)15-7-8-18-14(11-15)9-10-25-18/h3-8,11,13,21H,9-10,12H2,1-2H3,(H,20,22). The van der Waals surface area contributed by atoms with Crippen LogP contribution in [0.3, 0.4) is 0 Å². The topological polar surface area (TPSA) is 84.5 Å². The van der Waals surface area contributed by atoms with Gasteiger partial charge in [0.25, 0.3) is 15.9 Å². The minimum absolute atomic E-state index is 0.152. The van der Waals surface area contributed by atoms with Gasteiger partial charge in [-0.3, -0.25) is 9.52 Å². The van der Waals surface area contributed by atoms with Crippen molar-refractivity contribution < 1.29 is 17.9 Å². The van der Waals surface area contributed by atoms with Gasteiger partial charge in [0.15, 0.2) is 0 Å². The SMILES string of the molecule is CC(C)CNC(=O)c1ccccc1NS(=O)(=O)c1ccc2c(c1)CCO2. The molecule has 2 aromatic carbocycles. The Kier molecular flexibility index (Phi) is 5.18. The van der Waals surface area contributed by atoms with Gasteiger partial charge in [-0.2, -0.15) is 0 Å². The summed E-state index contributed by atoms with van der Waals surface area (Å²) < 4.78 is 33.5. The Labute approximate surface area is 153 Å². The molecule has 0 aliphatic carbocycles. The Morgan fingerprint density at radius 2 is 1.96 bits per heavy atom. The summed E-state index contributed by atoms with van der Waals surface area (Å²) in [5.74, 6) is 0.716. The number of sulfonamides is 1. The van der Waals surface area contributed by atoms with Crippen molar-refractivity contribution in [2.24, 2.45) is 5.92 Å². The van der Waals surface area contributed by atoms with E-state index in [4.69, 9.17) is 4.74 Å². The highest BCUT2D eigenvalue weighted by Crippen LogP contribution is 2.29. The molecule has 0 saturated carbocycles. The first-order chi connectivity index (χ1) is 12.4. The molecule has 0 atom stereocenters. The maximum Gasteiger partial charge on any atom is 0.261 e. The van der Waals surface area contributed by atoms with Crippen molar-refractivity contribution in [3.63, 3.8) is 0 Å². The van der Waals surface area contributed by atoms with E-state index in [1.165, 1.54) is 6.07 Å². The van der Waals surface area contributed by atoms with Gasteiger partial charge in [-0.05, 0) is 41.8 Å². The average molecular weight is 374 g/mol. The Balaban J connectivity index is 1.85. The van der Waals surface area contributed by atoms with Crippen LogP contribution in [0.1, 0.15) is 29.8 Å². The summed E-state index contributed by atoms with van der Waals surface area (Å²) in [6.07, 6.45) is 0.687. The minimum atomic E-state index is -3.81. The highest BCUT2D eigenvalue weighted by atomic mass is 32.2. The predicted octanol–water partition coefficient (Wildman–Crippen LogP) is 2.81. The lowest BCUT2D eigenvalue weighted by Gasteiger charge is -2.14. The number of ether oxygens (including phenoxy) is 1. The normalized spacial score (nSPS) is 13.2. The third kappa shape index (κ3) is 3.99. The maximum absolute atomic E-state index is 12.8. The summed E-state index contributed by atoms with van der Waals surface area (Å²) >= 11 is 0. The van der Waals surface area contributed by atoms with E-state index < -0.39 is 10.0 Å². The van der Waals surface area contributed by atoms with Gasteiger partial charge in [-0.15, -0.1) is 0 Å². The van der Waals surface area contributed by atoms with E-state index in [2.05, 4.69) is 10.0 Å². The maximum atomic E-state index is 12.8. The first-order valence-corrected chi connectivity index (χ1v) is 10.0. The van der Waals surface area contributed by atoms with Crippen molar-refractivity contribution in [1.29, 1.82) is 0 Å². The molecule has 1 aliphatic rings. The molecular formula is C19H22N2O4S. The van der Waals surface area contributed by atoms with Gasteiger partial charge in [0, 0.05) is 13.0 Å². The molecule has 0 radical (unpaired) electrons. The van der Waals surface area contributed by atoms with Gasteiger partial charge in [0.2, 0.25) is 0 Å². The number of carbonyl (C=O) groups excluding carboxylic acids is 1. The number of rotatable bonds is 6. The lowest BCUT2D eigenvalue weighted by Crippen LogP contribution is -2.28. The molecule has 1 amide bonds. The number of anilines is 1. The first kappa shape index (κ1) is 18.3. The predicted molar refractivity (Wildman–Crippen MR) is 100 cm³/mol. The molecule has 6 nitrogen and oxygen atoms in total. The van der Waals surface area contributed by atoms with Crippen LogP contribution in [0.2, 0.25) is 0 Å². The smallest absolute Gasteiger partial charge is 0.261 e. The number of hydrogen-bond donors (Lipinski definition) is 2. The van der Waals surface area contributed by atoms with E-state index in [1.54, 1.807) is 36.4 Å². The fourth-order valence-electron chi connectivity index (χ4n) is 2.70. The molecule has 0 aromatic heterocycles. The summed E-state index contributed by atoms with van der Waals surface area (Å²) in [5.41, 5.74) is 1.42. The van der Waals surface area contributed by atoms with Crippen LogP contribution in [0.5, 0.6) is 5.75 Å². The van der Waals surface area contributed by atoms with Gasteiger partial charge < -0.3 is 10.1 Å². The van der Waals surface area contributed by atoms with Crippen molar-refractivity contribution in [3.05, 3.63) is 53.6 Å². The molecule has 0 spiro atoms. The molecule has 0 fully saturated rings. The number of hydrogen-bond acceptors (Lipinski definition) is 4. The van der Waals surface area contributed by atoms with Crippen LogP contribution < -0.4 is 14.8 Å². The van der Waals surface area contributed by atoms with Gasteiger partial charge in [0.1, 0.15) is 5.75 Å². The molecule has 7 heteroatoms. The molecule has 3 rings (SSSR count). The number of carbonyl (C=O) groups is 1. The zero-order valence-electron chi connectivity index (χ0n) is 14.8. The molecule has 0 unspecified atom stereocenters. The lowest BCUT2D eigenvalue weighted by atomic mass is 10.1. The average Bonchev–Trinajstić information content (AvgIpc) is 3.07. The molecule has 26 heavy (non-hydrogen) atoms. The third-order valence-corrected chi connectivity index (χ3v) is 5.42. The Hall–Kier alpha value is -2.54. The van der Waals surface area contributed by atoms with Crippen molar-refractivity contribution in [2.75, 3.05) is 17.9 Å². The van der Waals surface area contributed by atoms with Crippen molar-refractivity contribution in [3.8, 4) is 5.75 Å². The number of para-hydroxylation sites is 1. The van der Waals surface area contributed by atoms with Gasteiger partial charge in [0.05, 0.1) is 22.8 Å². The summed E-state index contributed by atoms with van der Waals surface area (Å²) in [4.78, 5) is 12.5. The second-order valence-corrected chi connectivity index (χ2v) is 8.31. The minimum Gasteiger partial charge on any atom is -0.493 e. The highest BCUT2D eigenvalue weighted by molar-refractivity contribution is 7.92. The van der Waals surface area contributed by atoms with Gasteiger partial charge in [-0.1, -0.05) is 26.0 Å². The largest absolute Gasteiger partial charge is 0.493 e. The van der Waals surface area contributed by atoms with E-state index in [0.29, 0.717) is 31.1 Å². The van der Waals surface area contributed by atoms with E-state index in [-0.39, 0.29) is 16.5 Å². The van der Waals surface area contributed by atoms with Crippen LogP contribution in [0.15, 0.2) is 47.4 Å². The Morgan fingerprint density at radius 3 is 2.73 bits per heavy atom. The molecule has 2 N–H and O–H groups in total. The summed E-state index contributed by atoms with van der Waals surface area (Å²) in [6, 6.07) is 11.4. The monoisotopic (exact) mass is 374 g/mol. The molecule has 0 saturated heterocycles. The summed E-state index contributed by atoms with van der Waals surface area (Å²) in [7, 11) is -3.81. The van der Waals surface area contributed by atoms with Crippen LogP contribution in [-0.4, -0.2) is 27.5 Å². The second kappa shape index (κ2) is 7.37. The second-order valence-electron chi connectivity index (χ2n) is 6.62. The van der Waals surface area contributed by atoms with Crippen LogP contribution in [0.4, 0.5) is 5.69 Å². The molecular weight excluding hydrogens is 352 g/mol. The van der Waals surface area contributed by atoms with E-state index in [1.807, 2.05) is 13.8 Å². The van der Waals surface area contributed by atoms with Crippen molar-refractivity contribution in [1.82, 2.24) is 5.32 Å². The van der Waals surface area contributed by atoms with Crippen molar-refractivity contribution >= 4 is 21.6 Å². The number of nitrogens with one attached hydrogen (secondary N) is 2. The van der Waals surface area contributed by atoms with Crippen LogP contribution in [0.25, 0.3) is 0 Å². The van der Waals surface area contributed by atoms with E-state index >= 15 is 0 Å². The zero-order valence-corrected chi connectivity index (χ0v) is 15.6. The molecule has 1 aliphatic heterocycles. The quantitative estimate of drug-likeness (QED) is 0.814. The van der Waals surface area contributed by atoms with Crippen LogP contribution in [0, 0.1) is 5.92 Å². The number of amides is 1.